The normalized spacial score (nSPS) is 14.7. The Morgan fingerprint density at radius 3 is 1.16 bits per heavy atom. The van der Waals surface area contributed by atoms with Crippen molar-refractivity contribution in [3.63, 3.8) is 0 Å². The van der Waals surface area contributed by atoms with Crippen LogP contribution in [-0.2, 0) is 67.0 Å². The Morgan fingerprint density at radius 2 is 0.860 bits per heavy atom. The van der Waals surface area contributed by atoms with Crippen LogP contribution < -0.4 is 13.3 Å². The average Bonchev–Trinajstić information content (AvgIpc) is 3.70. The van der Waals surface area contributed by atoms with E-state index in [0.29, 0.717) is 51.4 Å². The molecule has 3 fully saturated rings. The van der Waals surface area contributed by atoms with Gasteiger partial charge in [0, 0.05) is 90.0 Å². The molecule has 1 N–H and O–H groups in total. The molecule has 0 aromatic rings. The number of nitrogens with zero attached hydrogens (tertiary/aromatic N) is 3. The summed E-state index contributed by atoms with van der Waals surface area (Å²) in [4.78, 5) is 102. The van der Waals surface area contributed by atoms with Gasteiger partial charge in [0.05, 0.1) is 46.2 Å². The number of imide groups is 3. The molecule has 0 spiro atoms. The Balaban J connectivity index is -0.000000652. The quantitative estimate of drug-likeness (QED) is 0.104. The van der Waals surface area contributed by atoms with Crippen LogP contribution in [-0.4, -0.2) is 135 Å². The number of halogens is 6. The largest absolute Gasteiger partial charge is 0.560 e. The van der Waals surface area contributed by atoms with Crippen molar-refractivity contribution in [1.29, 1.82) is 0 Å². The fraction of sp³-hybridized carbons (Fsp3) is 0.667. The summed E-state index contributed by atoms with van der Waals surface area (Å²) >= 11 is 9.54. The van der Waals surface area contributed by atoms with E-state index in [9.17, 15) is 38.4 Å². The summed E-state index contributed by atoms with van der Waals surface area (Å²) in [7, 11) is 3.16. The van der Waals surface area contributed by atoms with Crippen LogP contribution in [0.2, 0.25) is 0 Å². The second-order valence-electron chi connectivity index (χ2n) is 8.36. The first kappa shape index (κ1) is 54.5. The van der Waals surface area contributed by atoms with Crippen LogP contribution in [0.5, 0.6) is 0 Å². The van der Waals surface area contributed by atoms with Gasteiger partial charge in [0.15, 0.2) is 0 Å². The number of methoxy groups -OCH3 is 2. The summed E-state index contributed by atoms with van der Waals surface area (Å²) in [5.41, 5.74) is 0. The minimum absolute atomic E-state index is 0. The third-order valence-electron chi connectivity index (χ3n) is 5.06. The molecule has 0 saturated carbocycles. The zero-order valence-electron chi connectivity index (χ0n) is 26.5. The fourth-order valence-corrected chi connectivity index (χ4v) is 2.98. The van der Waals surface area contributed by atoms with E-state index in [1.165, 1.54) is 0 Å². The van der Waals surface area contributed by atoms with E-state index < -0.39 is 47.8 Å². The number of aliphatic hydroxyl groups is 1. The second-order valence-corrected chi connectivity index (χ2v) is 24.6. The molecule has 20 nitrogen and oxygen atoms in total. The first-order valence-corrected chi connectivity index (χ1v) is 32.4. The minimum atomic E-state index is -1.48. The molecule has 0 atom stereocenters. The maximum atomic E-state index is 11.2. The number of hydrogen-bond donors (Lipinski definition) is 1. The molecule has 50 heavy (non-hydrogen) atoms. The first-order chi connectivity index (χ1) is 23.5. The molecule has 3 rings (SSSR count). The Morgan fingerprint density at radius 1 is 0.580 bits per heavy atom. The molecular formula is C24H36I6N3O17-. The van der Waals surface area contributed by atoms with Gasteiger partial charge in [-0.3, -0.25) is 43.3 Å². The van der Waals surface area contributed by atoms with Crippen LogP contribution in [0.1, 0.15) is 38.5 Å². The topological polar surface area (TPSA) is 240 Å². The number of rotatable bonds is 14. The Bertz CT molecular complexity index is 968. The molecule has 0 unspecified atom stereocenters. The van der Waals surface area contributed by atoms with Crippen molar-refractivity contribution in [3.05, 3.63) is 0 Å². The maximum absolute atomic E-state index is 11.2. The van der Waals surface area contributed by atoms with Crippen molar-refractivity contribution in [2.24, 2.45) is 0 Å². The van der Waals surface area contributed by atoms with Gasteiger partial charge in [-0.15, -0.1) is 24.0 Å². The SMILES string of the molecule is COCCOCCO.COCCOCCOC(=O)ON1C(=O)CCC1=O.I.II.I[I-]I.O=C(ON1C(=O)CCC1=O)ON1C(=O)CCC1=O. The van der Waals surface area contributed by atoms with Gasteiger partial charge in [0.1, 0.15) is 6.61 Å². The zero-order valence-corrected chi connectivity index (χ0v) is 39.6. The van der Waals surface area contributed by atoms with Crippen LogP contribution in [0, 0.1) is 0 Å². The molecule has 6 amide bonds. The summed E-state index contributed by atoms with van der Waals surface area (Å²) in [5, 5.41) is 9.14. The predicted molar refractivity (Wildman–Crippen MR) is 207 cm³/mol. The summed E-state index contributed by atoms with van der Waals surface area (Å²) in [6.45, 7) is 2.64. The zero-order chi connectivity index (χ0) is 37.6. The molecule has 292 valence electrons. The molecule has 0 aromatic heterocycles. The first-order valence-electron chi connectivity index (χ1n) is 13.5. The molecule has 3 heterocycles. The van der Waals surface area contributed by atoms with Crippen LogP contribution in [0.15, 0.2) is 0 Å². The summed E-state index contributed by atoms with van der Waals surface area (Å²) in [5.74, 6) is -3.83. The molecular weight excluding hydrogens is 1360 g/mol. The Hall–Kier alpha value is 0.140. The van der Waals surface area contributed by atoms with Crippen LogP contribution in [0.25, 0.3) is 0 Å². The van der Waals surface area contributed by atoms with Crippen molar-refractivity contribution >= 4 is 146 Å². The van der Waals surface area contributed by atoms with Crippen molar-refractivity contribution in [1.82, 2.24) is 15.2 Å². The Labute approximate surface area is 357 Å². The van der Waals surface area contributed by atoms with Crippen molar-refractivity contribution in [2.75, 3.05) is 67.1 Å². The number of carbonyl (C=O) groups is 8. The summed E-state index contributed by atoms with van der Waals surface area (Å²) < 4.78 is 23.9. The van der Waals surface area contributed by atoms with Crippen molar-refractivity contribution in [3.8, 4) is 0 Å². The molecule has 3 aliphatic rings. The van der Waals surface area contributed by atoms with Crippen molar-refractivity contribution in [2.45, 2.75) is 38.5 Å². The van der Waals surface area contributed by atoms with Crippen LogP contribution >= 0.6 is 98.4 Å². The third-order valence-corrected chi connectivity index (χ3v) is 5.06. The van der Waals surface area contributed by atoms with E-state index in [2.05, 4.69) is 98.5 Å². The van der Waals surface area contributed by atoms with E-state index in [0.717, 1.165) is 0 Å². The minimum Gasteiger partial charge on any atom is -0.293 e. The molecule has 0 aliphatic carbocycles. The summed E-state index contributed by atoms with van der Waals surface area (Å²) in [6.07, 6.45) is -2.74. The number of amides is 6. The predicted octanol–water partition coefficient (Wildman–Crippen LogP) is -0.0593. The van der Waals surface area contributed by atoms with Gasteiger partial charge >= 0.3 is 62.8 Å². The fourth-order valence-electron chi connectivity index (χ4n) is 2.98. The molecule has 0 radical (unpaired) electrons. The maximum Gasteiger partial charge on any atom is 0.560 e. The molecule has 3 aliphatic heterocycles. The molecule has 26 heteroatoms. The van der Waals surface area contributed by atoms with Gasteiger partial charge in [-0.2, -0.15) is 4.79 Å². The van der Waals surface area contributed by atoms with E-state index in [4.69, 9.17) is 19.3 Å². The second kappa shape index (κ2) is 36.1. The van der Waals surface area contributed by atoms with Gasteiger partial charge in [-0.05, 0) is 0 Å². The number of aliphatic hydroxyl groups excluding tert-OH is 1. The average molecular weight is 1400 g/mol. The molecule has 3 saturated heterocycles. The standard InChI is InChI=1S/C10H15NO7.C9H8N2O7.C5H12O3.I3.I2.HI/c1-15-4-5-16-6-7-17-10(14)18-11-8(12)2-3-9(11)13;12-5-1-2-6(13)10(5)17-9(16)18-11-7(14)3-4-8(11)15;1-7-4-5-8-3-2-6;1-3-2;1-2;/h2-7H2,1H3;1-4H2;6H,2-5H2,1H3;;;1H/q;;;-1;;. The van der Waals surface area contributed by atoms with Gasteiger partial charge in [0.2, 0.25) is 0 Å². The van der Waals surface area contributed by atoms with E-state index in [1.54, 1.807) is 14.2 Å². The Kier molecular flexibility index (Phi) is 39.4. The van der Waals surface area contributed by atoms with E-state index in [1.807, 2.05) is 0 Å². The number of ether oxygens (including phenoxy) is 5. The third kappa shape index (κ3) is 26.0. The summed E-state index contributed by atoms with van der Waals surface area (Å²) in [6, 6.07) is 0. The van der Waals surface area contributed by atoms with Gasteiger partial charge < -0.3 is 28.8 Å². The van der Waals surface area contributed by atoms with Crippen LogP contribution in [0.4, 0.5) is 9.59 Å². The van der Waals surface area contributed by atoms with E-state index in [-0.39, 0.29) is 92.4 Å². The monoisotopic (exact) mass is 1400 g/mol. The molecule has 0 aromatic carbocycles. The number of hydrogen-bond acceptors (Lipinski definition) is 17. The smallest absolute Gasteiger partial charge is 0.293 e. The van der Waals surface area contributed by atoms with Crippen molar-refractivity contribution < 1.29 is 94.9 Å². The van der Waals surface area contributed by atoms with Crippen LogP contribution in [0.3, 0.4) is 0 Å². The number of carbonyl (C=O) groups excluding carboxylic acids is 8. The van der Waals surface area contributed by atoms with Gasteiger partial charge in [-0.1, -0.05) is 15.2 Å². The molecule has 0 bridgehead atoms. The van der Waals surface area contributed by atoms with E-state index >= 15 is 0 Å². The number of hydroxylamine groups is 6. The van der Waals surface area contributed by atoms with Gasteiger partial charge in [-0.25, -0.2) is 4.79 Å². The van der Waals surface area contributed by atoms with Gasteiger partial charge in [0.25, 0.3) is 35.4 Å².